The van der Waals surface area contributed by atoms with E-state index in [0.717, 1.165) is 49.4 Å². The van der Waals surface area contributed by atoms with E-state index in [-0.39, 0.29) is 6.10 Å². The quantitative estimate of drug-likeness (QED) is 0.759. The average molecular weight is 264 g/mol. The van der Waals surface area contributed by atoms with Crippen molar-refractivity contribution >= 4 is 11.6 Å². The Morgan fingerprint density at radius 3 is 2.68 bits per heavy atom. The van der Waals surface area contributed by atoms with Crippen LogP contribution in [0.25, 0.3) is 0 Å². The summed E-state index contributed by atoms with van der Waals surface area (Å²) < 4.78 is 0. The summed E-state index contributed by atoms with van der Waals surface area (Å²) in [6.07, 6.45) is 6.68. The van der Waals surface area contributed by atoms with Gasteiger partial charge in [-0.25, -0.2) is 9.97 Å². The van der Waals surface area contributed by atoms with Crippen LogP contribution >= 0.6 is 0 Å². The number of nitrogens with one attached hydrogen (secondary N) is 2. The lowest BCUT2D eigenvalue weighted by Crippen LogP contribution is -2.30. The Morgan fingerprint density at radius 2 is 2.00 bits per heavy atom. The minimum absolute atomic E-state index is 0.170. The second-order valence-electron chi connectivity index (χ2n) is 5.15. The zero-order valence-corrected chi connectivity index (χ0v) is 11.8. The molecule has 1 aliphatic rings. The smallest absolute Gasteiger partial charge is 0.134 e. The highest BCUT2D eigenvalue weighted by atomic mass is 16.3. The maximum Gasteiger partial charge on any atom is 0.134 e. The Balaban J connectivity index is 2.02. The predicted octanol–water partition coefficient (Wildman–Crippen LogP) is 2.04. The van der Waals surface area contributed by atoms with E-state index in [1.165, 1.54) is 6.42 Å². The fraction of sp³-hybridized carbons (Fsp3) is 0.714. The third-order valence-corrected chi connectivity index (χ3v) is 3.94. The van der Waals surface area contributed by atoms with Crippen molar-refractivity contribution in [2.24, 2.45) is 5.92 Å². The van der Waals surface area contributed by atoms with Gasteiger partial charge in [-0.15, -0.1) is 0 Å². The molecule has 1 aromatic heterocycles. The van der Waals surface area contributed by atoms with Crippen LogP contribution in [0.1, 0.15) is 38.2 Å². The van der Waals surface area contributed by atoms with Crippen LogP contribution in [0.5, 0.6) is 0 Å². The number of hydrogen-bond acceptors (Lipinski definition) is 5. The van der Waals surface area contributed by atoms with E-state index in [1.807, 2.05) is 7.05 Å². The molecule has 1 aliphatic carbocycles. The lowest BCUT2D eigenvalue weighted by atomic mass is 9.86. The molecule has 19 heavy (non-hydrogen) atoms. The summed E-state index contributed by atoms with van der Waals surface area (Å²) in [5.41, 5.74) is 1.11. The van der Waals surface area contributed by atoms with E-state index in [2.05, 4.69) is 27.5 Å². The lowest BCUT2D eigenvalue weighted by Gasteiger charge is -2.28. The Labute approximate surface area is 114 Å². The van der Waals surface area contributed by atoms with Crippen molar-refractivity contribution in [2.75, 3.05) is 24.2 Å². The summed E-state index contributed by atoms with van der Waals surface area (Å²) in [4.78, 5) is 8.55. The van der Waals surface area contributed by atoms with Crippen molar-refractivity contribution in [1.82, 2.24) is 9.97 Å². The highest BCUT2D eigenvalue weighted by Crippen LogP contribution is 2.26. The summed E-state index contributed by atoms with van der Waals surface area (Å²) in [6.45, 7) is 2.88. The molecule has 5 heteroatoms. The second-order valence-corrected chi connectivity index (χ2v) is 5.15. The largest absolute Gasteiger partial charge is 0.393 e. The minimum Gasteiger partial charge on any atom is -0.393 e. The molecule has 0 aromatic carbocycles. The molecule has 1 fully saturated rings. The zero-order chi connectivity index (χ0) is 13.7. The minimum atomic E-state index is -0.170. The molecule has 0 spiro atoms. The standard InChI is InChI=1S/C14H24N4O/c1-3-11-13(15-2)17-9-18-14(11)16-8-10-6-4-5-7-12(10)19/h9-10,12,19H,3-8H2,1-2H3,(H2,15,16,17,18). The topological polar surface area (TPSA) is 70.1 Å². The highest BCUT2D eigenvalue weighted by Gasteiger charge is 2.23. The van der Waals surface area contributed by atoms with Gasteiger partial charge >= 0.3 is 0 Å². The summed E-state index contributed by atoms with van der Waals surface area (Å²) in [6, 6.07) is 0. The van der Waals surface area contributed by atoms with Gasteiger partial charge in [-0.1, -0.05) is 19.8 Å². The van der Waals surface area contributed by atoms with Crippen molar-refractivity contribution < 1.29 is 5.11 Å². The van der Waals surface area contributed by atoms with Crippen molar-refractivity contribution in [3.8, 4) is 0 Å². The van der Waals surface area contributed by atoms with E-state index in [0.29, 0.717) is 5.92 Å². The third kappa shape index (κ3) is 3.35. The van der Waals surface area contributed by atoms with E-state index in [1.54, 1.807) is 6.33 Å². The predicted molar refractivity (Wildman–Crippen MR) is 77.4 cm³/mol. The van der Waals surface area contributed by atoms with Gasteiger partial charge in [0.05, 0.1) is 6.10 Å². The molecular weight excluding hydrogens is 240 g/mol. The van der Waals surface area contributed by atoms with E-state index in [9.17, 15) is 5.11 Å². The number of rotatable bonds is 5. The lowest BCUT2D eigenvalue weighted by molar-refractivity contribution is 0.0763. The molecule has 0 aliphatic heterocycles. The summed E-state index contributed by atoms with van der Waals surface area (Å²) in [5, 5.41) is 16.5. The van der Waals surface area contributed by atoms with E-state index >= 15 is 0 Å². The van der Waals surface area contributed by atoms with E-state index < -0.39 is 0 Å². The molecule has 106 valence electrons. The van der Waals surface area contributed by atoms with Gasteiger partial charge in [0.1, 0.15) is 18.0 Å². The van der Waals surface area contributed by atoms with Crippen LogP contribution in [0.2, 0.25) is 0 Å². The Bertz CT molecular complexity index is 410. The van der Waals surface area contributed by atoms with Crippen LogP contribution < -0.4 is 10.6 Å². The van der Waals surface area contributed by atoms with Crippen LogP contribution in [0.15, 0.2) is 6.33 Å². The number of nitrogens with zero attached hydrogens (tertiary/aromatic N) is 2. The molecule has 0 saturated heterocycles. The molecule has 1 aromatic rings. The molecule has 0 amide bonds. The SMILES string of the molecule is CCc1c(NC)ncnc1NCC1CCCCC1O. The summed E-state index contributed by atoms with van der Waals surface area (Å²) >= 11 is 0. The number of anilines is 2. The molecule has 5 nitrogen and oxygen atoms in total. The molecule has 2 unspecified atom stereocenters. The number of aliphatic hydroxyl groups is 1. The summed E-state index contributed by atoms with van der Waals surface area (Å²) in [7, 11) is 1.87. The van der Waals surface area contributed by atoms with Gasteiger partial charge in [-0.3, -0.25) is 0 Å². The Hall–Kier alpha value is -1.36. The van der Waals surface area contributed by atoms with Crippen LogP contribution in [0.4, 0.5) is 11.6 Å². The first-order chi connectivity index (χ1) is 9.26. The molecule has 0 radical (unpaired) electrons. The first kappa shape index (κ1) is 14.1. The number of aromatic nitrogens is 2. The normalized spacial score (nSPS) is 23.1. The van der Waals surface area contributed by atoms with Gasteiger partial charge in [0.15, 0.2) is 0 Å². The van der Waals surface area contributed by atoms with Gasteiger partial charge < -0.3 is 15.7 Å². The van der Waals surface area contributed by atoms with Gasteiger partial charge in [-0.2, -0.15) is 0 Å². The molecule has 1 saturated carbocycles. The van der Waals surface area contributed by atoms with Crippen molar-refractivity contribution in [3.05, 3.63) is 11.9 Å². The first-order valence-corrected chi connectivity index (χ1v) is 7.19. The van der Waals surface area contributed by atoms with Crippen LogP contribution in [0.3, 0.4) is 0 Å². The van der Waals surface area contributed by atoms with Crippen LogP contribution in [0, 0.1) is 5.92 Å². The average Bonchev–Trinajstić information content (AvgIpc) is 2.45. The maximum absolute atomic E-state index is 9.99. The molecule has 0 bridgehead atoms. The van der Waals surface area contributed by atoms with Crippen LogP contribution in [-0.2, 0) is 6.42 Å². The molecular formula is C14H24N4O. The number of hydrogen-bond donors (Lipinski definition) is 3. The Kier molecular flexibility index (Phi) is 4.96. The first-order valence-electron chi connectivity index (χ1n) is 7.19. The summed E-state index contributed by atoms with van der Waals surface area (Å²) in [5.74, 6) is 2.11. The highest BCUT2D eigenvalue weighted by molar-refractivity contribution is 5.57. The number of aliphatic hydroxyl groups excluding tert-OH is 1. The van der Waals surface area contributed by atoms with Crippen molar-refractivity contribution in [3.63, 3.8) is 0 Å². The van der Waals surface area contributed by atoms with Gasteiger partial charge in [0, 0.05) is 25.1 Å². The molecule has 1 heterocycles. The van der Waals surface area contributed by atoms with Gasteiger partial charge in [0.25, 0.3) is 0 Å². The second kappa shape index (κ2) is 6.70. The fourth-order valence-electron chi connectivity index (χ4n) is 2.77. The Morgan fingerprint density at radius 1 is 1.26 bits per heavy atom. The van der Waals surface area contributed by atoms with Crippen molar-refractivity contribution in [2.45, 2.75) is 45.1 Å². The van der Waals surface area contributed by atoms with E-state index in [4.69, 9.17) is 0 Å². The zero-order valence-electron chi connectivity index (χ0n) is 11.8. The maximum atomic E-state index is 9.99. The third-order valence-electron chi connectivity index (χ3n) is 3.94. The van der Waals surface area contributed by atoms with Gasteiger partial charge in [-0.05, 0) is 19.3 Å². The van der Waals surface area contributed by atoms with Gasteiger partial charge in [0.2, 0.25) is 0 Å². The van der Waals surface area contributed by atoms with Crippen molar-refractivity contribution in [1.29, 1.82) is 0 Å². The monoisotopic (exact) mass is 264 g/mol. The molecule has 2 atom stereocenters. The van der Waals surface area contributed by atoms with Crippen LogP contribution in [-0.4, -0.2) is 34.8 Å². The molecule has 3 N–H and O–H groups in total. The molecule has 2 rings (SSSR count). The fourth-order valence-corrected chi connectivity index (χ4v) is 2.77.